The van der Waals surface area contributed by atoms with Crippen molar-refractivity contribution in [2.75, 3.05) is 31.9 Å². The summed E-state index contributed by atoms with van der Waals surface area (Å²) < 4.78 is 16.7. The molecule has 34 heavy (non-hydrogen) atoms. The zero-order valence-electron chi connectivity index (χ0n) is 21.2. The summed E-state index contributed by atoms with van der Waals surface area (Å²) in [6, 6.07) is 1.86. The Morgan fingerprint density at radius 2 is 2.06 bits per heavy atom. The molecule has 1 aliphatic rings. The van der Waals surface area contributed by atoms with E-state index >= 15 is 0 Å². The van der Waals surface area contributed by atoms with Crippen molar-refractivity contribution in [3.05, 3.63) is 66.2 Å². The Morgan fingerprint density at radius 1 is 1.41 bits per heavy atom. The number of pyridine rings is 1. The summed E-state index contributed by atoms with van der Waals surface area (Å²) in [5, 5.41) is 15.0. The van der Waals surface area contributed by atoms with Gasteiger partial charge in [0.2, 0.25) is 0 Å². The van der Waals surface area contributed by atoms with Crippen molar-refractivity contribution in [2.24, 2.45) is 5.50 Å². The van der Waals surface area contributed by atoms with Gasteiger partial charge in [-0.2, -0.15) is 0 Å². The predicted octanol–water partition coefficient (Wildman–Crippen LogP) is 5.12. The van der Waals surface area contributed by atoms with Crippen LogP contribution >= 0.6 is 17.9 Å². The van der Waals surface area contributed by atoms with Crippen LogP contribution in [-0.2, 0) is 9.30 Å². The molecule has 2 atom stereocenters. The van der Waals surface area contributed by atoms with Gasteiger partial charge in [-0.05, 0) is 25.5 Å². The van der Waals surface area contributed by atoms with Gasteiger partial charge in [0.25, 0.3) is 0 Å². The van der Waals surface area contributed by atoms with Crippen LogP contribution in [0.5, 0.6) is 0 Å². The molecule has 0 fully saturated rings. The molecule has 1 aliphatic heterocycles. The molecule has 0 aromatic carbocycles. The zero-order chi connectivity index (χ0) is 26.1. The molecule has 2 unspecified atom stereocenters. The number of rotatable bonds is 10. The number of anilines is 1. The number of nitrogens with one attached hydrogen (secondary N) is 3. The van der Waals surface area contributed by atoms with Crippen LogP contribution in [0, 0.1) is 5.41 Å². The number of methoxy groups -OCH3 is 1. The first-order chi connectivity index (χ1) is 16.2. The van der Waals surface area contributed by atoms with Gasteiger partial charge in [-0.25, -0.2) is 4.98 Å². The number of nitrogen functional groups attached to an aromatic ring is 1. The molecule has 2 heterocycles. The molecule has 0 bridgehead atoms. The van der Waals surface area contributed by atoms with Gasteiger partial charge in [0.15, 0.2) is 6.49 Å². The fourth-order valence-corrected chi connectivity index (χ4v) is 4.32. The highest BCUT2D eigenvalue weighted by atomic mass is 32.7. The lowest BCUT2D eigenvalue weighted by molar-refractivity contribution is 0.201. The van der Waals surface area contributed by atoms with E-state index in [0.29, 0.717) is 29.5 Å². The topological polar surface area (TPSA) is 139 Å². The average molecular weight is 509 g/mol. The number of ether oxygens (including phenoxy) is 1. The molecule has 7 N–H and O–H groups in total. The van der Waals surface area contributed by atoms with E-state index in [1.807, 2.05) is 58.2 Å². The molecule has 10 heteroatoms. The van der Waals surface area contributed by atoms with Crippen LogP contribution in [0.15, 0.2) is 55.0 Å². The van der Waals surface area contributed by atoms with Crippen molar-refractivity contribution >= 4 is 35.0 Å². The van der Waals surface area contributed by atoms with E-state index in [2.05, 4.69) is 22.2 Å². The van der Waals surface area contributed by atoms with Crippen molar-refractivity contribution in [3.63, 3.8) is 0 Å². The maximum atomic E-state index is 11.6. The number of hydrogen-bond donors (Lipinski definition) is 5. The molecule has 8 nitrogen and oxygen atoms in total. The molecule has 0 aliphatic carbocycles. The van der Waals surface area contributed by atoms with Gasteiger partial charge in [-0.1, -0.05) is 49.5 Å². The molecule has 1 aromatic heterocycles. The maximum Gasteiger partial charge on any atom is 0.195 e. The highest BCUT2D eigenvalue weighted by Gasteiger charge is 2.23. The highest BCUT2D eigenvalue weighted by molar-refractivity contribution is 8.57. The minimum atomic E-state index is -2.60. The summed E-state index contributed by atoms with van der Waals surface area (Å²) in [5.74, 6) is 0.858. The molecule has 2 rings (SSSR count). The van der Waals surface area contributed by atoms with Gasteiger partial charge in [0, 0.05) is 55.2 Å². The highest BCUT2D eigenvalue weighted by Crippen LogP contribution is 2.46. The monoisotopic (exact) mass is 508 g/mol. The molecule has 0 amide bonds. The first-order valence-electron chi connectivity index (χ1n) is 11.1. The van der Waals surface area contributed by atoms with Crippen LogP contribution in [0.1, 0.15) is 45.2 Å². The van der Waals surface area contributed by atoms with Gasteiger partial charge in [0.1, 0.15) is 12.0 Å². The molecule has 0 saturated heterocycles. The Morgan fingerprint density at radius 3 is 2.62 bits per heavy atom. The van der Waals surface area contributed by atoms with Crippen molar-refractivity contribution in [1.82, 2.24) is 15.6 Å². The maximum absolute atomic E-state index is 11.6. The zero-order valence-corrected chi connectivity index (χ0v) is 22.9. The van der Waals surface area contributed by atoms with E-state index in [1.54, 1.807) is 26.0 Å². The molecule has 0 spiro atoms. The summed E-state index contributed by atoms with van der Waals surface area (Å²) in [4.78, 5) is 4.28. The van der Waals surface area contributed by atoms with Crippen LogP contribution in [0.2, 0.25) is 0 Å². The lowest BCUT2D eigenvalue weighted by Gasteiger charge is -2.17. The average Bonchev–Trinajstić information content (AvgIpc) is 3.28. The summed E-state index contributed by atoms with van der Waals surface area (Å²) in [5.41, 5.74) is 15.3. The van der Waals surface area contributed by atoms with Gasteiger partial charge in [-0.3, -0.25) is 10.1 Å². The molecular weight excluding hydrogens is 467 g/mol. The van der Waals surface area contributed by atoms with Crippen molar-refractivity contribution in [3.8, 4) is 0 Å². The second-order valence-electron chi connectivity index (χ2n) is 6.99. The summed E-state index contributed by atoms with van der Waals surface area (Å²) >= 11 is 1.23. The van der Waals surface area contributed by atoms with Crippen molar-refractivity contribution < 1.29 is 9.30 Å². The Kier molecular flexibility index (Phi) is 16.0. The number of nitrogens with two attached hydrogens (primary N) is 2. The summed E-state index contributed by atoms with van der Waals surface area (Å²) in [7, 11) is 1.66. The third-order valence-electron chi connectivity index (χ3n) is 4.20. The van der Waals surface area contributed by atoms with Gasteiger partial charge < -0.3 is 26.5 Å². The van der Waals surface area contributed by atoms with Crippen LogP contribution in [0.3, 0.4) is 0 Å². The molecule has 1 aromatic rings. The Hall–Kier alpha value is -2.32. The van der Waals surface area contributed by atoms with E-state index in [1.165, 1.54) is 11.4 Å². The molecule has 190 valence electrons. The fraction of sp³-hybridized carbons (Fsp3) is 0.417. The van der Waals surface area contributed by atoms with Crippen LogP contribution < -0.4 is 21.9 Å². The van der Waals surface area contributed by atoms with Crippen molar-refractivity contribution in [2.45, 2.75) is 40.3 Å². The van der Waals surface area contributed by atoms with Crippen LogP contribution in [0.25, 0.3) is 5.57 Å². The van der Waals surface area contributed by atoms with E-state index in [-0.39, 0.29) is 6.17 Å². The minimum absolute atomic E-state index is 0.303. The Bertz CT molecular complexity index is 924. The van der Waals surface area contributed by atoms with Gasteiger partial charge >= 0.3 is 0 Å². The predicted molar refractivity (Wildman–Crippen MR) is 150 cm³/mol. The molecule has 0 radical (unpaired) electrons. The smallest absolute Gasteiger partial charge is 0.195 e. The lowest BCUT2D eigenvalue weighted by Crippen LogP contribution is -2.40. The standard InChI is InChI=1S/C19H29N6O2PS.C3H6.C2H6/c1-4-13(6-5-9-29-28(3,22)26)14-10-16(18(21)23-11-14)17(20)19-24-12-15(25-19)7-8-27-2;1-3-2;1-2/h4-6,10-12,19-20,24-25H,7-9H2,1-3H3,(H2,21,23)(H2,22,26);3H,1H2,2H3;1-2H3/b6-5-,13-4+,20-17?;;. The fourth-order valence-electron chi connectivity index (χ4n) is 2.69. The lowest BCUT2D eigenvalue weighted by atomic mass is 10.0. The number of hydrogen-bond acceptors (Lipinski definition) is 8. The van der Waals surface area contributed by atoms with E-state index in [0.717, 1.165) is 23.3 Å². The minimum Gasteiger partial charge on any atom is -0.384 e. The number of aromatic nitrogens is 1. The van der Waals surface area contributed by atoms with Crippen LogP contribution in [0.4, 0.5) is 5.82 Å². The third kappa shape index (κ3) is 11.7. The Labute approximate surface area is 209 Å². The second-order valence-corrected chi connectivity index (χ2v) is 12.3. The third-order valence-corrected chi connectivity index (χ3v) is 7.04. The van der Waals surface area contributed by atoms with Gasteiger partial charge in [-0.15, -0.1) is 6.58 Å². The van der Waals surface area contributed by atoms with Crippen molar-refractivity contribution in [1.29, 1.82) is 5.41 Å². The summed E-state index contributed by atoms with van der Waals surface area (Å²) in [6.07, 6.45) is 11.4. The quantitative estimate of drug-likeness (QED) is 0.127. The van der Waals surface area contributed by atoms with E-state index in [4.69, 9.17) is 21.4 Å². The first kappa shape index (κ1) is 31.7. The normalized spacial score (nSPS) is 16.6. The SMILES string of the molecule is C/C=C(\C=C/CSP(C)(N)=O)c1cnc(N)c(C(=N)C2NC=C(CCOC)N2)c1.C=CC.CC. The van der Waals surface area contributed by atoms with Crippen LogP contribution in [-0.4, -0.2) is 43.0 Å². The molecular formula is C24H41N6O2PS. The Balaban J connectivity index is 0.00000201. The first-order valence-corrected chi connectivity index (χ1v) is 14.9. The largest absolute Gasteiger partial charge is 0.384 e. The van der Waals surface area contributed by atoms with Gasteiger partial charge in [0.05, 0.1) is 12.3 Å². The number of nitrogens with zero attached hydrogens (tertiary/aromatic N) is 1. The van der Waals surface area contributed by atoms with E-state index < -0.39 is 6.49 Å². The second kappa shape index (κ2) is 17.2. The summed E-state index contributed by atoms with van der Waals surface area (Å²) in [6.45, 7) is 10.7. The molecule has 0 saturated carbocycles. The number of allylic oxidation sites excluding steroid dienone is 4. The van der Waals surface area contributed by atoms with E-state index in [9.17, 15) is 4.57 Å².